The summed E-state index contributed by atoms with van der Waals surface area (Å²) in [5.41, 5.74) is 0. The van der Waals surface area contributed by atoms with Crippen LogP contribution in [0.2, 0.25) is 0 Å². The normalized spacial score (nSPS) is 24.0. The van der Waals surface area contributed by atoms with E-state index in [0.29, 0.717) is 0 Å². The van der Waals surface area contributed by atoms with Crippen LogP contribution in [0.1, 0.15) is 12.8 Å². The molecule has 1 N–H and O–H groups in total. The van der Waals surface area contributed by atoms with Crippen molar-refractivity contribution in [2.24, 2.45) is 0 Å². The monoisotopic (exact) mass is 84.1 g/mol. The Balaban J connectivity index is 2.00. The van der Waals surface area contributed by atoms with Crippen molar-refractivity contribution in [3.8, 4) is 0 Å². The van der Waals surface area contributed by atoms with Gasteiger partial charge < -0.3 is 11.7 Å². The lowest BCUT2D eigenvalue weighted by molar-refractivity contribution is 0.604. The molecule has 0 unspecified atom stereocenters. The summed E-state index contributed by atoms with van der Waals surface area (Å²) in [5.74, 6) is 0. The van der Waals surface area contributed by atoms with Gasteiger partial charge in [-0.1, -0.05) is 0 Å². The minimum Gasteiger partial charge on any atom is -0.326 e. The molecule has 1 nitrogen and oxygen atoms in total. The topological polar surface area (TPSA) is 12.0 Å². The second kappa shape index (κ2) is 2.19. The van der Waals surface area contributed by atoms with Crippen LogP contribution in [0.3, 0.4) is 0 Å². The van der Waals surface area contributed by atoms with Crippen LogP contribution < -0.4 is 5.32 Å². The van der Waals surface area contributed by atoms with E-state index < -0.39 is 0 Å². The van der Waals surface area contributed by atoms with Gasteiger partial charge in [0.1, 0.15) is 0 Å². The molecule has 0 aromatic rings. The Kier molecular flexibility index (Phi) is 1.51. The number of nitrogens with one attached hydrogen (secondary N) is 1. The van der Waals surface area contributed by atoms with Crippen molar-refractivity contribution in [2.75, 3.05) is 13.1 Å². The third-order valence-corrected chi connectivity index (χ3v) is 1.05. The molecule has 0 radical (unpaired) electrons. The first-order chi connectivity index (χ1) is 3.00. The van der Waals surface area contributed by atoms with Gasteiger partial charge in [0.05, 0.1) is 0 Å². The Labute approximate surface area is 38.7 Å². The van der Waals surface area contributed by atoms with E-state index in [1.165, 1.54) is 25.9 Å². The second-order valence-electron chi connectivity index (χ2n) is 1.62. The van der Waals surface area contributed by atoms with E-state index in [9.17, 15) is 0 Å². The standard InChI is InChI=1S/C5H10N/c1-2-4-6-5-3-1/h1,6H,2-5H2/q-1. The fourth-order valence-corrected chi connectivity index (χ4v) is 0.678. The van der Waals surface area contributed by atoms with Crippen LogP contribution >= 0.6 is 0 Å². The van der Waals surface area contributed by atoms with Gasteiger partial charge in [0.2, 0.25) is 0 Å². The Hall–Kier alpha value is -0.0400. The van der Waals surface area contributed by atoms with Crippen molar-refractivity contribution in [3.05, 3.63) is 6.42 Å². The van der Waals surface area contributed by atoms with Gasteiger partial charge in [-0.2, -0.15) is 12.8 Å². The van der Waals surface area contributed by atoms with Crippen LogP contribution in [0, 0.1) is 6.42 Å². The predicted molar refractivity (Wildman–Crippen MR) is 26.4 cm³/mol. The summed E-state index contributed by atoms with van der Waals surface area (Å²) in [7, 11) is 0. The molecule has 1 aliphatic heterocycles. The Morgan fingerprint density at radius 2 is 1.83 bits per heavy atom. The smallest absolute Gasteiger partial charge is 0.0321 e. The van der Waals surface area contributed by atoms with E-state index in [2.05, 4.69) is 11.7 Å². The van der Waals surface area contributed by atoms with Crippen LogP contribution in [0.15, 0.2) is 0 Å². The lowest BCUT2D eigenvalue weighted by Gasteiger charge is -2.18. The van der Waals surface area contributed by atoms with E-state index in [-0.39, 0.29) is 0 Å². The molecular formula is C5H10N-. The van der Waals surface area contributed by atoms with E-state index in [1.54, 1.807) is 0 Å². The van der Waals surface area contributed by atoms with Gasteiger partial charge in [0.15, 0.2) is 0 Å². The third-order valence-electron chi connectivity index (χ3n) is 1.05. The van der Waals surface area contributed by atoms with Crippen molar-refractivity contribution in [2.45, 2.75) is 12.8 Å². The average molecular weight is 84.1 g/mol. The molecule has 0 saturated carbocycles. The van der Waals surface area contributed by atoms with E-state index >= 15 is 0 Å². The predicted octanol–water partition coefficient (Wildman–Crippen LogP) is 0.574. The maximum atomic E-state index is 3.25. The molecule has 0 atom stereocenters. The van der Waals surface area contributed by atoms with E-state index in [0.717, 1.165) is 0 Å². The fourth-order valence-electron chi connectivity index (χ4n) is 0.678. The van der Waals surface area contributed by atoms with Crippen LogP contribution in [-0.4, -0.2) is 13.1 Å². The van der Waals surface area contributed by atoms with E-state index in [1.807, 2.05) is 0 Å². The van der Waals surface area contributed by atoms with Gasteiger partial charge in [0, 0.05) is 0 Å². The van der Waals surface area contributed by atoms with Gasteiger partial charge in [-0.3, -0.25) is 0 Å². The molecule has 1 heteroatoms. The quantitative estimate of drug-likeness (QED) is 0.423. The van der Waals surface area contributed by atoms with E-state index in [4.69, 9.17) is 0 Å². The second-order valence-corrected chi connectivity index (χ2v) is 1.62. The minimum atomic E-state index is 1.19. The van der Waals surface area contributed by atoms with Crippen LogP contribution in [0.5, 0.6) is 0 Å². The van der Waals surface area contributed by atoms with Crippen LogP contribution in [0.25, 0.3) is 0 Å². The third kappa shape index (κ3) is 0.977. The first kappa shape index (κ1) is 4.13. The molecule has 0 aliphatic carbocycles. The highest BCUT2D eigenvalue weighted by Gasteiger charge is 1.83. The average Bonchev–Trinajstić information content (AvgIpc) is 1.72. The van der Waals surface area contributed by atoms with Crippen molar-refractivity contribution < 1.29 is 0 Å². The molecule has 36 valence electrons. The molecule has 1 heterocycles. The Morgan fingerprint density at radius 1 is 1.17 bits per heavy atom. The van der Waals surface area contributed by atoms with Crippen LogP contribution in [0.4, 0.5) is 0 Å². The fraction of sp³-hybridized carbons (Fsp3) is 0.800. The van der Waals surface area contributed by atoms with Crippen molar-refractivity contribution in [1.82, 2.24) is 5.32 Å². The molecule has 1 fully saturated rings. The zero-order valence-electron chi connectivity index (χ0n) is 3.91. The van der Waals surface area contributed by atoms with Gasteiger partial charge >= 0.3 is 0 Å². The number of piperidine rings is 1. The largest absolute Gasteiger partial charge is 0.326 e. The SMILES string of the molecule is [CH-]1CCNCC1. The highest BCUT2D eigenvalue weighted by Crippen LogP contribution is 1.94. The molecule has 0 aromatic carbocycles. The molecule has 0 aromatic heterocycles. The maximum Gasteiger partial charge on any atom is -0.0321 e. The summed E-state index contributed by atoms with van der Waals surface area (Å²) in [6.07, 6.45) is 4.86. The van der Waals surface area contributed by atoms with Gasteiger partial charge in [-0.05, 0) is 13.1 Å². The summed E-state index contributed by atoms with van der Waals surface area (Å²) in [6.45, 7) is 2.39. The summed E-state index contributed by atoms with van der Waals surface area (Å²) < 4.78 is 0. The summed E-state index contributed by atoms with van der Waals surface area (Å²) in [4.78, 5) is 0. The van der Waals surface area contributed by atoms with Crippen molar-refractivity contribution in [1.29, 1.82) is 0 Å². The number of rotatable bonds is 0. The minimum absolute atomic E-state index is 1.19. The number of hydrogen-bond donors (Lipinski definition) is 1. The van der Waals surface area contributed by atoms with Gasteiger partial charge in [-0.15, -0.1) is 0 Å². The molecule has 0 bridgehead atoms. The molecule has 1 rings (SSSR count). The van der Waals surface area contributed by atoms with Gasteiger partial charge in [0.25, 0.3) is 0 Å². The first-order valence-corrected chi connectivity index (χ1v) is 2.52. The van der Waals surface area contributed by atoms with Crippen molar-refractivity contribution >= 4 is 0 Å². The number of hydrogen-bond acceptors (Lipinski definition) is 1. The molecule has 1 aliphatic rings. The summed E-state index contributed by atoms with van der Waals surface area (Å²) in [6, 6.07) is 0. The lowest BCUT2D eigenvalue weighted by Crippen LogP contribution is -2.21. The zero-order chi connectivity index (χ0) is 4.24. The Bertz CT molecular complexity index is 19.4. The highest BCUT2D eigenvalue weighted by molar-refractivity contribution is 4.72. The molecule has 0 spiro atoms. The first-order valence-electron chi connectivity index (χ1n) is 2.52. The molecule has 0 amide bonds. The molecule has 6 heavy (non-hydrogen) atoms. The Morgan fingerprint density at radius 3 is 2.00 bits per heavy atom. The zero-order valence-corrected chi connectivity index (χ0v) is 3.91. The molecule has 1 saturated heterocycles. The summed E-state index contributed by atoms with van der Waals surface area (Å²) in [5, 5.41) is 3.25. The summed E-state index contributed by atoms with van der Waals surface area (Å²) >= 11 is 0. The van der Waals surface area contributed by atoms with Gasteiger partial charge in [-0.25, -0.2) is 0 Å². The molecular weight excluding hydrogens is 74.1 g/mol. The lowest BCUT2D eigenvalue weighted by atomic mass is 10.2. The van der Waals surface area contributed by atoms with Crippen LogP contribution in [-0.2, 0) is 0 Å². The highest BCUT2D eigenvalue weighted by atomic mass is 14.9. The maximum absolute atomic E-state index is 3.25. The van der Waals surface area contributed by atoms with Crippen molar-refractivity contribution in [3.63, 3.8) is 0 Å².